The molecule has 1 aromatic carbocycles. The van der Waals surface area contributed by atoms with Gasteiger partial charge in [-0.2, -0.15) is 0 Å². The van der Waals surface area contributed by atoms with Crippen molar-refractivity contribution in [2.45, 2.75) is 32.7 Å². The van der Waals surface area contributed by atoms with Crippen LogP contribution < -0.4 is 25.3 Å². The van der Waals surface area contributed by atoms with Gasteiger partial charge in [0.15, 0.2) is 11.5 Å². The number of hydrogen-bond acceptors (Lipinski definition) is 6. The fraction of sp³-hybridized carbons (Fsp3) is 0.632. The molecule has 3 N–H and O–H groups in total. The minimum absolute atomic E-state index is 0.0491. The van der Waals surface area contributed by atoms with E-state index in [2.05, 4.69) is 24.1 Å². The van der Waals surface area contributed by atoms with Crippen LogP contribution >= 0.6 is 0 Å². The van der Waals surface area contributed by atoms with Gasteiger partial charge in [0.05, 0.1) is 21.3 Å². The average molecular weight is 365 g/mol. The van der Waals surface area contributed by atoms with E-state index in [9.17, 15) is 4.79 Å². The lowest BCUT2D eigenvalue weighted by Gasteiger charge is -2.42. The van der Waals surface area contributed by atoms with Crippen LogP contribution in [0.3, 0.4) is 0 Å². The monoisotopic (exact) mass is 365 g/mol. The Bertz CT molecular complexity index is 608. The normalized spacial score (nSPS) is 19.7. The fourth-order valence-corrected chi connectivity index (χ4v) is 3.31. The van der Waals surface area contributed by atoms with E-state index in [1.54, 1.807) is 33.5 Å². The number of anilines is 1. The number of hydrogen-bond donors (Lipinski definition) is 2. The Labute approximate surface area is 155 Å². The van der Waals surface area contributed by atoms with Crippen LogP contribution in [0.25, 0.3) is 0 Å². The summed E-state index contributed by atoms with van der Waals surface area (Å²) in [5, 5.41) is 2.91. The molecule has 1 amide bonds. The summed E-state index contributed by atoms with van der Waals surface area (Å²) < 4.78 is 15.9. The molecule has 7 heteroatoms. The number of nitrogens with two attached hydrogens (primary N) is 1. The third kappa shape index (κ3) is 4.80. The second kappa shape index (κ2) is 8.60. The first kappa shape index (κ1) is 20.3. The number of carbonyl (C=O) groups is 1. The molecule has 1 aliphatic heterocycles. The molecule has 2 rings (SSSR count). The van der Waals surface area contributed by atoms with Crippen LogP contribution in [0.15, 0.2) is 12.1 Å². The van der Waals surface area contributed by atoms with Crippen molar-refractivity contribution < 1.29 is 19.0 Å². The van der Waals surface area contributed by atoms with Crippen LogP contribution in [0.1, 0.15) is 26.7 Å². The zero-order valence-corrected chi connectivity index (χ0v) is 16.4. The van der Waals surface area contributed by atoms with E-state index in [1.807, 2.05) is 0 Å². The van der Waals surface area contributed by atoms with Crippen molar-refractivity contribution in [3.63, 3.8) is 0 Å². The molecule has 1 heterocycles. The molecule has 1 unspecified atom stereocenters. The van der Waals surface area contributed by atoms with Crippen LogP contribution in [0.5, 0.6) is 17.2 Å². The van der Waals surface area contributed by atoms with E-state index in [0.29, 0.717) is 35.9 Å². The maximum absolute atomic E-state index is 12.4. The molecule has 1 aromatic rings. The molecule has 1 atom stereocenters. The molecule has 7 nitrogen and oxygen atoms in total. The van der Waals surface area contributed by atoms with Gasteiger partial charge in [0.2, 0.25) is 11.7 Å². The van der Waals surface area contributed by atoms with Gasteiger partial charge >= 0.3 is 0 Å². The summed E-state index contributed by atoms with van der Waals surface area (Å²) in [6.07, 6.45) is 1.38. The van der Waals surface area contributed by atoms with Gasteiger partial charge in [-0.25, -0.2) is 0 Å². The van der Waals surface area contributed by atoms with Gasteiger partial charge in [0.25, 0.3) is 0 Å². The lowest BCUT2D eigenvalue weighted by atomic mass is 9.80. The van der Waals surface area contributed by atoms with E-state index in [0.717, 1.165) is 19.5 Å². The molecule has 0 aromatic heterocycles. The number of methoxy groups -OCH3 is 3. The zero-order valence-electron chi connectivity index (χ0n) is 16.4. The Kier molecular flexibility index (Phi) is 6.72. The highest BCUT2D eigenvalue weighted by molar-refractivity contribution is 5.91. The SMILES string of the molecule is COc1cc(NC(=O)CCN2CCC(N)C(C)(C)C2)cc(OC)c1OC. The number of ether oxygens (including phenoxy) is 3. The average Bonchev–Trinajstić information content (AvgIpc) is 2.61. The first-order chi connectivity index (χ1) is 12.3. The Morgan fingerprint density at radius 2 is 1.85 bits per heavy atom. The minimum atomic E-state index is -0.0491. The predicted octanol–water partition coefficient (Wildman–Crippen LogP) is 2.10. The number of likely N-dealkylation sites (tertiary alicyclic amines) is 1. The smallest absolute Gasteiger partial charge is 0.225 e. The first-order valence-corrected chi connectivity index (χ1v) is 8.88. The lowest BCUT2D eigenvalue weighted by molar-refractivity contribution is -0.116. The third-order valence-corrected chi connectivity index (χ3v) is 4.99. The molecule has 1 aliphatic rings. The van der Waals surface area contributed by atoms with E-state index < -0.39 is 0 Å². The number of piperidine rings is 1. The van der Waals surface area contributed by atoms with Gasteiger partial charge in [0, 0.05) is 43.4 Å². The molecular weight excluding hydrogens is 334 g/mol. The van der Waals surface area contributed by atoms with E-state index in [4.69, 9.17) is 19.9 Å². The number of amides is 1. The molecule has 0 aliphatic carbocycles. The highest BCUT2D eigenvalue weighted by Gasteiger charge is 2.33. The van der Waals surface area contributed by atoms with Gasteiger partial charge in [-0.15, -0.1) is 0 Å². The van der Waals surface area contributed by atoms with Crippen LogP contribution in [-0.4, -0.2) is 57.8 Å². The minimum Gasteiger partial charge on any atom is -0.493 e. The van der Waals surface area contributed by atoms with Gasteiger partial charge in [-0.3, -0.25) is 4.79 Å². The lowest BCUT2D eigenvalue weighted by Crippen LogP contribution is -2.52. The van der Waals surface area contributed by atoms with Crippen LogP contribution in [-0.2, 0) is 4.79 Å². The van der Waals surface area contributed by atoms with Crippen molar-refractivity contribution in [3.05, 3.63) is 12.1 Å². The highest BCUT2D eigenvalue weighted by atomic mass is 16.5. The van der Waals surface area contributed by atoms with E-state index >= 15 is 0 Å². The van der Waals surface area contributed by atoms with Crippen LogP contribution in [0, 0.1) is 5.41 Å². The maximum Gasteiger partial charge on any atom is 0.225 e. The third-order valence-electron chi connectivity index (χ3n) is 4.99. The molecule has 26 heavy (non-hydrogen) atoms. The van der Waals surface area contributed by atoms with Gasteiger partial charge in [0.1, 0.15) is 0 Å². The summed E-state index contributed by atoms with van der Waals surface area (Å²) in [5.41, 5.74) is 6.86. The van der Waals surface area contributed by atoms with Gasteiger partial charge in [-0.1, -0.05) is 13.8 Å². The Morgan fingerprint density at radius 3 is 2.35 bits per heavy atom. The van der Waals surface area contributed by atoms with Gasteiger partial charge in [-0.05, 0) is 18.4 Å². The second-order valence-electron chi connectivity index (χ2n) is 7.37. The Morgan fingerprint density at radius 1 is 1.23 bits per heavy atom. The van der Waals surface area contributed by atoms with Crippen LogP contribution in [0.4, 0.5) is 5.69 Å². The van der Waals surface area contributed by atoms with Crippen molar-refractivity contribution in [1.29, 1.82) is 0 Å². The standard InChI is InChI=1S/C19H31N3O4/c1-19(2)12-22(8-6-16(19)20)9-7-17(23)21-13-10-14(24-3)18(26-5)15(11-13)25-4/h10-11,16H,6-9,12,20H2,1-5H3,(H,21,23). The molecule has 0 spiro atoms. The predicted molar refractivity (Wildman–Crippen MR) is 102 cm³/mol. The molecule has 0 saturated carbocycles. The van der Waals surface area contributed by atoms with Gasteiger partial charge < -0.3 is 30.2 Å². The molecular formula is C19H31N3O4. The highest BCUT2D eigenvalue weighted by Crippen LogP contribution is 2.40. The Balaban J connectivity index is 1.96. The van der Waals surface area contributed by atoms with Crippen molar-refractivity contribution in [1.82, 2.24) is 4.90 Å². The number of rotatable bonds is 7. The number of nitrogens with one attached hydrogen (secondary N) is 1. The molecule has 1 saturated heterocycles. The largest absolute Gasteiger partial charge is 0.493 e. The summed E-state index contributed by atoms with van der Waals surface area (Å²) in [6.45, 7) is 6.92. The number of benzene rings is 1. The topological polar surface area (TPSA) is 86.1 Å². The first-order valence-electron chi connectivity index (χ1n) is 8.88. The second-order valence-corrected chi connectivity index (χ2v) is 7.37. The fourth-order valence-electron chi connectivity index (χ4n) is 3.31. The van der Waals surface area contributed by atoms with E-state index in [-0.39, 0.29) is 17.4 Å². The van der Waals surface area contributed by atoms with Crippen LogP contribution in [0.2, 0.25) is 0 Å². The van der Waals surface area contributed by atoms with Crippen molar-refractivity contribution >= 4 is 11.6 Å². The van der Waals surface area contributed by atoms with Crippen molar-refractivity contribution in [3.8, 4) is 17.2 Å². The number of carbonyl (C=O) groups excluding carboxylic acids is 1. The molecule has 0 radical (unpaired) electrons. The van der Waals surface area contributed by atoms with Crippen molar-refractivity contribution in [2.24, 2.45) is 11.1 Å². The summed E-state index contributed by atoms with van der Waals surface area (Å²) in [4.78, 5) is 14.7. The quantitative estimate of drug-likeness (QED) is 0.770. The molecule has 146 valence electrons. The summed E-state index contributed by atoms with van der Waals surface area (Å²) >= 11 is 0. The van der Waals surface area contributed by atoms with E-state index in [1.165, 1.54) is 0 Å². The van der Waals surface area contributed by atoms with Crippen molar-refractivity contribution in [2.75, 3.05) is 46.3 Å². The maximum atomic E-state index is 12.4. The summed E-state index contributed by atoms with van der Waals surface area (Å²) in [5.74, 6) is 1.47. The number of nitrogens with zero attached hydrogens (tertiary/aromatic N) is 1. The zero-order chi connectivity index (χ0) is 19.3. The molecule has 0 bridgehead atoms. The summed E-state index contributed by atoms with van der Waals surface area (Å²) in [6, 6.07) is 3.66. The molecule has 1 fully saturated rings. The summed E-state index contributed by atoms with van der Waals surface area (Å²) in [7, 11) is 4.64. The Hall–Kier alpha value is -1.99.